The zero-order chi connectivity index (χ0) is 10.7. The first-order valence-corrected chi connectivity index (χ1v) is 5.21. The third-order valence-corrected chi connectivity index (χ3v) is 2.39. The van der Waals surface area contributed by atoms with Crippen LogP contribution in [0.5, 0.6) is 0 Å². The minimum Gasteiger partial charge on any atom is -0.394 e. The second-order valence-corrected chi connectivity index (χ2v) is 3.52. The Morgan fingerprint density at radius 3 is 3.20 bits per heavy atom. The Labute approximate surface area is 91.7 Å². The molecule has 15 heavy (non-hydrogen) atoms. The third kappa shape index (κ3) is 2.46. The summed E-state index contributed by atoms with van der Waals surface area (Å²) in [6, 6.07) is 0. The van der Waals surface area contributed by atoms with Gasteiger partial charge in [0.25, 0.3) is 0 Å². The predicted molar refractivity (Wildman–Crippen MR) is 51.4 cm³/mol. The number of nitrogens with zero attached hydrogens (tertiary/aromatic N) is 3. The van der Waals surface area contributed by atoms with Gasteiger partial charge in [-0.25, -0.2) is 4.68 Å². The normalized spacial score (nSPS) is 26.0. The number of hydrogen-bond donors (Lipinski definition) is 1. The van der Waals surface area contributed by atoms with Gasteiger partial charge in [-0.3, -0.25) is 0 Å². The zero-order valence-corrected chi connectivity index (χ0v) is 8.80. The van der Waals surface area contributed by atoms with Gasteiger partial charge in [-0.1, -0.05) is 5.21 Å². The molecule has 2 unspecified atom stereocenters. The van der Waals surface area contributed by atoms with E-state index in [4.69, 9.17) is 26.2 Å². The van der Waals surface area contributed by atoms with Crippen LogP contribution in [0.25, 0.3) is 0 Å². The minimum absolute atomic E-state index is 0.0273. The molecule has 0 aromatic carbocycles. The molecular formula is C8H12ClN3O3. The molecule has 0 amide bonds. The highest BCUT2D eigenvalue weighted by Crippen LogP contribution is 2.25. The van der Waals surface area contributed by atoms with E-state index in [1.165, 1.54) is 4.68 Å². The van der Waals surface area contributed by atoms with E-state index in [1.807, 2.05) is 0 Å². The van der Waals surface area contributed by atoms with E-state index < -0.39 is 6.29 Å². The average molecular weight is 234 g/mol. The first kappa shape index (κ1) is 10.8. The fraction of sp³-hybridized carbons (Fsp3) is 0.750. The number of aliphatic hydroxyl groups is 1. The Balaban J connectivity index is 1.97. The molecule has 0 saturated carbocycles. The second kappa shape index (κ2) is 4.89. The summed E-state index contributed by atoms with van der Waals surface area (Å²) in [5.41, 5.74) is 0.607. The van der Waals surface area contributed by atoms with Crippen molar-refractivity contribution in [3.05, 3.63) is 11.9 Å². The van der Waals surface area contributed by atoms with Gasteiger partial charge in [0.15, 0.2) is 0 Å². The molecule has 1 fully saturated rings. The standard InChI is InChI=1S/C8H12ClN3O3/c9-3-6-5-14-8(15-6)7-4-12(1-2-13)11-10-7/h4,6,8,13H,1-3,5H2. The molecule has 0 radical (unpaired) electrons. The van der Waals surface area contributed by atoms with Crippen molar-refractivity contribution in [1.29, 1.82) is 0 Å². The van der Waals surface area contributed by atoms with Gasteiger partial charge in [0.05, 0.1) is 37.9 Å². The van der Waals surface area contributed by atoms with Crippen LogP contribution in [0.3, 0.4) is 0 Å². The molecule has 84 valence electrons. The van der Waals surface area contributed by atoms with Crippen LogP contribution in [0.15, 0.2) is 6.20 Å². The van der Waals surface area contributed by atoms with Crippen molar-refractivity contribution >= 4 is 11.6 Å². The maximum absolute atomic E-state index is 8.71. The highest BCUT2D eigenvalue weighted by atomic mass is 35.5. The zero-order valence-electron chi connectivity index (χ0n) is 8.04. The van der Waals surface area contributed by atoms with Gasteiger partial charge in [0.1, 0.15) is 5.69 Å². The number of ether oxygens (including phenoxy) is 2. The van der Waals surface area contributed by atoms with Gasteiger partial charge in [-0.15, -0.1) is 16.7 Å². The van der Waals surface area contributed by atoms with Gasteiger partial charge < -0.3 is 14.6 Å². The van der Waals surface area contributed by atoms with Gasteiger partial charge >= 0.3 is 0 Å². The largest absolute Gasteiger partial charge is 0.394 e. The van der Waals surface area contributed by atoms with E-state index in [0.717, 1.165) is 0 Å². The summed E-state index contributed by atoms with van der Waals surface area (Å²) in [7, 11) is 0. The lowest BCUT2D eigenvalue weighted by molar-refractivity contribution is -0.0598. The van der Waals surface area contributed by atoms with Crippen molar-refractivity contribution in [2.45, 2.75) is 18.9 Å². The molecule has 2 heterocycles. The molecule has 1 N–H and O–H groups in total. The lowest BCUT2D eigenvalue weighted by Crippen LogP contribution is -2.10. The molecule has 0 spiro atoms. The number of hydrogen-bond acceptors (Lipinski definition) is 5. The molecule has 1 aromatic heterocycles. The molecule has 7 heteroatoms. The Morgan fingerprint density at radius 1 is 1.67 bits per heavy atom. The first-order chi connectivity index (χ1) is 7.33. The average Bonchev–Trinajstić information content (AvgIpc) is 2.85. The van der Waals surface area contributed by atoms with Gasteiger partial charge in [0, 0.05) is 0 Å². The van der Waals surface area contributed by atoms with E-state index in [1.54, 1.807) is 6.20 Å². The number of halogens is 1. The van der Waals surface area contributed by atoms with E-state index in [2.05, 4.69) is 10.3 Å². The summed E-state index contributed by atoms with van der Waals surface area (Å²) >= 11 is 5.64. The van der Waals surface area contributed by atoms with Crippen molar-refractivity contribution in [2.24, 2.45) is 0 Å². The summed E-state index contributed by atoms with van der Waals surface area (Å²) in [4.78, 5) is 0. The molecule has 1 aromatic rings. The molecule has 1 saturated heterocycles. The maximum Gasteiger partial charge on any atom is 0.205 e. The van der Waals surface area contributed by atoms with Crippen LogP contribution in [-0.2, 0) is 16.0 Å². The van der Waals surface area contributed by atoms with Crippen LogP contribution in [0.1, 0.15) is 12.0 Å². The number of alkyl halides is 1. The SMILES string of the molecule is OCCn1cc(C2OCC(CCl)O2)nn1. The summed E-state index contributed by atoms with van der Waals surface area (Å²) < 4.78 is 12.3. The molecule has 1 aliphatic rings. The summed E-state index contributed by atoms with van der Waals surface area (Å²) in [5, 5.41) is 16.4. The van der Waals surface area contributed by atoms with Crippen LogP contribution < -0.4 is 0 Å². The van der Waals surface area contributed by atoms with Crippen molar-refractivity contribution in [2.75, 3.05) is 19.1 Å². The quantitative estimate of drug-likeness (QED) is 0.737. The third-order valence-electron chi connectivity index (χ3n) is 2.05. The Morgan fingerprint density at radius 2 is 2.53 bits per heavy atom. The maximum atomic E-state index is 8.71. The summed E-state index contributed by atoms with van der Waals surface area (Å²) in [6.07, 6.45) is 1.12. The van der Waals surface area contributed by atoms with Gasteiger partial charge in [-0.2, -0.15) is 0 Å². The van der Waals surface area contributed by atoms with Crippen LogP contribution in [0.2, 0.25) is 0 Å². The van der Waals surface area contributed by atoms with E-state index >= 15 is 0 Å². The fourth-order valence-electron chi connectivity index (χ4n) is 1.32. The van der Waals surface area contributed by atoms with E-state index in [0.29, 0.717) is 24.7 Å². The fourth-order valence-corrected chi connectivity index (χ4v) is 1.48. The molecule has 0 bridgehead atoms. The van der Waals surface area contributed by atoms with Crippen LogP contribution in [0, 0.1) is 0 Å². The molecule has 2 atom stereocenters. The van der Waals surface area contributed by atoms with Crippen LogP contribution in [-0.4, -0.2) is 45.3 Å². The molecule has 1 aliphatic heterocycles. The Kier molecular flexibility index (Phi) is 3.53. The topological polar surface area (TPSA) is 69.4 Å². The van der Waals surface area contributed by atoms with E-state index in [-0.39, 0.29) is 12.7 Å². The Bertz CT molecular complexity index is 320. The van der Waals surface area contributed by atoms with Crippen molar-refractivity contribution in [3.63, 3.8) is 0 Å². The number of rotatable bonds is 4. The van der Waals surface area contributed by atoms with Crippen LogP contribution >= 0.6 is 11.6 Å². The summed E-state index contributed by atoms with van der Waals surface area (Å²) in [6.45, 7) is 0.916. The molecule has 2 rings (SSSR count). The van der Waals surface area contributed by atoms with Crippen molar-refractivity contribution in [3.8, 4) is 0 Å². The second-order valence-electron chi connectivity index (χ2n) is 3.21. The minimum atomic E-state index is -0.485. The molecule has 6 nitrogen and oxygen atoms in total. The van der Waals surface area contributed by atoms with Crippen molar-refractivity contribution < 1.29 is 14.6 Å². The highest BCUT2D eigenvalue weighted by molar-refractivity contribution is 6.18. The van der Waals surface area contributed by atoms with E-state index in [9.17, 15) is 0 Å². The predicted octanol–water partition coefficient (Wildman–Crippen LogP) is -0.0768. The van der Waals surface area contributed by atoms with Gasteiger partial charge in [-0.05, 0) is 0 Å². The lowest BCUT2D eigenvalue weighted by atomic mass is 10.4. The molecular weight excluding hydrogens is 222 g/mol. The first-order valence-electron chi connectivity index (χ1n) is 4.67. The molecule has 0 aliphatic carbocycles. The summed E-state index contributed by atoms with van der Waals surface area (Å²) in [5.74, 6) is 0.404. The monoisotopic (exact) mass is 233 g/mol. The van der Waals surface area contributed by atoms with Gasteiger partial charge in [0.2, 0.25) is 6.29 Å². The Hall–Kier alpha value is -0.690. The van der Waals surface area contributed by atoms with Crippen molar-refractivity contribution in [1.82, 2.24) is 15.0 Å². The number of aliphatic hydroxyl groups excluding tert-OH is 1. The smallest absolute Gasteiger partial charge is 0.205 e. The highest BCUT2D eigenvalue weighted by Gasteiger charge is 2.28. The number of aromatic nitrogens is 3. The lowest BCUT2D eigenvalue weighted by Gasteiger charge is -2.05. The van der Waals surface area contributed by atoms with Crippen LogP contribution in [0.4, 0.5) is 0 Å².